The van der Waals surface area contributed by atoms with Gasteiger partial charge in [-0.15, -0.1) is 0 Å². The molecule has 6 nitrogen and oxygen atoms in total. The van der Waals surface area contributed by atoms with Gasteiger partial charge in [-0.3, -0.25) is 0 Å². The summed E-state index contributed by atoms with van der Waals surface area (Å²) in [5.41, 5.74) is 4.71. The number of anilines is 1. The molecule has 3 aromatic rings. The first kappa shape index (κ1) is 16.3. The van der Waals surface area contributed by atoms with Crippen molar-refractivity contribution in [2.24, 2.45) is 0 Å². The number of rotatable bonds is 5. The Kier molecular flexibility index (Phi) is 4.40. The van der Waals surface area contributed by atoms with Crippen molar-refractivity contribution in [3.63, 3.8) is 0 Å². The van der Waals surface area contributed by atoms with E-state index in [4.69, 9.17) is 9.72 Å². The average molecular weight is 326 g/mol. The summed E-state index contributed by atoms with van der Waals surface area (Å²) in [6.45, 7) is 4.58. The van der Waals surface area contributed by atoms with Gasteiger partial charge >= 0.3 is 0 Å². The summed E-state index contributed by atoms with van der Waals surface area (Å²) < 4.78 is 7.08. The fourth-order valence-electron chi connectivity index (χ4n) is 2.86. The van der Waals surface area contributed by atoms with Crippen molar-refractivity contribution in [1.82, 2.24) is 14.6 Å². The van der Waals surface area contributed by atoms with Gasteiger partial charge in [0.25, 0.3) is 0 Å². The van der Waals surface area contributed by atoms with Crippen LogP contribution in [-0.2, 0) is 0 Å². The van der Waals surface area contributed by atoms with Crippen LogP contribution in [0.15, 0.2) is 30.3 Å². The fraction of sp³-hybridized carbons (Fsp3) is 0.333. The molecule has 0 aliphatic heterocycles. The Balaban J connectivity index is 2.20. The summed E-state index contributed by atoms with van der Waals surface area (Å²) in [4.78, 5) is 6.68. The Bertz CT molecular complexity index is 856. The molecular weight excluding hydrogens is 304 g/mol. The molecule has 0 saturated heterocycles. The van der Waals surface area contributed by atoms with Crippen LogP contribution in [0.1, 0.15) is 11.4 Å². The molecule has 6 heteroatoms. The van der Waals surface area contributed by atoms with Gasteiger partial charge in [-0.2, -0.15) is 9.61 Å². The van der Waals surface area contributed by atoms with Crippen molar-refractivity contribution >= 4 is 11.5 Å². The molecule has 3 rings (SSSR count). The number of hydrogen-bond donors (Lipinski definition) is 1. The first-order valence-corrected chi connectivity index (χ1v) is 7.88. The minimum absolute atomic E-state index is 0.0882. The number of methoxy groups -OCH3 is 1. The SMILES string of the molecule is COc1ccc(-c2c(C)nn3c(N(C)CCO)cc(C)nc23)cc1. The van der Waals surface area contributed by atoms with E-state index in [0.29, 0.717) is 6.54 Å². The molecule has 0 amide bonds. The van der Waals surface area contributed by atoms with Gasteiger partial charge in [-0.1, -0.05) is 12.1 Å². The van der Waals surface area contributed by atoms with Gasteiger partial charge in [0.2, 0.25) is 0 Å². The van der Waals surface area contributed by atoms with Crippen LogP contribution in [0.4, 0.5) is 5.82 Å². The normalized spacial score (nSPS) is 11.0. The minimum Gasteiger partial charge on any atom is -0.497 e. The summed E-state index contributed by atoms with van der Waals surface area (Å²) >= 11 is 0. The van der Waals surface area contributed by atoms with Crippen molar-refractivity contribution in [3.8, 4) is 16.9 Å². The maximum absolute atomic E-state index is 9.23. The molecule has 0 aliphatic rings. The van der Waals surface area contributed by atoms with Gasteiger partial charge in [0.05, 0.1) is 19.4 Å². The smallest absolute Gasteiger partial charge is 0.165 e. The van der Waals surface area contributed by atoms with Crippen molar-refractivity contribution < 1.29 is 9.84 Å². The van der Waals surface area contributed by atoms with Crippen LogP contribution in [0.3, 0.4) is 0 Å². The van der Waals surface area contributed by atoms with Crippen molar-refractivity contribution in [2.45, 2.75) is 13.8 Å². The lowest BCUT2D eigenvalue weighted by atomic mass is 10.1. The molecule has 1 N–H and O–H groups in total. The molecule has 0 spiro atoms. The van der Waals surface area contributed by atoms with E-state index in [1.165, 1.54) is 0 Å². The first-order valence-electron chi connectivity index (χ1n) is 7.88. The van der Waals surface area contributed by atoms with E-state index in [-0.39, 0.29) is 6.61 Å². The second-order valence-corrected chi connectivity index (χ2v) is 5.83. The molecule has 0 saturated carbocycles. The van der Waals surface area contributed by atoms with E-state index in [0.717, 1.165) is 39.7 Å². The molecule has 0 radical (unpaired) electrons. The third-order valence-corrected chi connectivity index (χ3v) is 4.08. The molecule has 1 aromatic carbocycles. The summed E-state index contributed by atoms with van der Waals surface area (Å²) in [7, 11) is 3.60. The Morgan fingerprint density at radius 3 is 2.54 bits per heavy atom. The quantitative estimate of drug-likeness (QED) is 0.780. The zero-order chi connectivity index (χ0) is 17.3. The molecule has 24 heavy (non-hydrogen) atoms. The van der Waals surface area contributed by atoms with E-state index in [1.807, 2.05) is 60.6 Å². The Labute approximate surface area is 141 Å². The number of hydrogen-bond acceptors (Lipinski definition) is 5. The second kappa shape index (κ2) is 6.49. The van der Waals surface area contributed by atoms with Crippen LogP contribution in [0.5, 0.6) is 5.75 Å². The largest absolute Gasteiger partial charge is 0.497 e. The number of aliphatic hydroxyl groups excluding tert-OH is 1. The Morgan fingerprint density at radius 1 is 1.21 bits per heavy atom. The van der Waals surface area contributed by atoms with E-state index in [1.54, 1.807) is 7.11 Å². The molecule has 0 aliphatic carbocycles. The van der Waals surface area contributed by atoms with Crippen molar-refractivity contribution in [2.75, 3.05) is 32.2 Å². The van der Waals surface area contributed by atoms with E-state index >= 15 is 0 Å². The van der Waals surface area contributed by atoms with Gasteiger partial charge in [0.1, 0.15) is 11.6 Å². The summed E-state index contributed by atoms with van der Waals surface area (Å²) in [6, 6.07) is 9.89. The molecular formula is C18H22N4O2. The molecule has 126 valence electrons. The number of likely N-dealkylation sites (N-methyl/N-ethyl adjacent to an activating group) is 1. The van der Waals surface area contributed by atoms with Crippen LogP contribution in [0, 0.1) is 13.8 Å². The number of nitrogens with zero attached hydrogens (tertiary/aromatic N) is 4. The highest BCUT2D eigenvalue weighted by Gasteiger charge is 2.17. The molecule has 0 unspecified atom stereocenters. The number of aliphatic hydroxyl groups is 1. The third-order valence-electron chi connectivity index (χ3n) is 4.08. The molecule has 0 bridgehead atoms. The monoisotopic (exact) mass is 326 g/mol. The summed E-state index contributed by atoms with van der Waals surface area (Å²) in [5, 5.41) is 13.9. The lowest BCUT2D eigenvalue weighted by Gasteiger charge is -2.19. The van der Waals surface area contributed by atoms with Crippen LogP contribution in [0.25, 0.3) is 16.8 Å². The third kappa shape index (κ3) is 2.80. The minimum atomic E-state index is 0.0882. The van der Waals surface area contributed by atoms with Crippen molar-refractivity contribution in [3.05, 3.63) is 41.7 Å². The number of aromatic nitrogens is 3. The predicted molar refractivity (Wildman–Crippen MR) is 94.8 cm³/mol. The number of ether oxygens (including phenoxy) is 1. The number of aryl methyl sites for hydroxylation is 2. The second-order valence-electron chi connectivity index (χ2n) is 5.83. The van der Waals surface area contributed by atoms with Crippen LogP contribution >= 0.6 is 0 Å². The highest BCUT2D eigenvalue weighted by Crippen LogP contribution is 2.31. The standard InChI is InChI=1S/C18H22N4O2/c1-12-11-16(21(3)9-10-23)22-18(19-12)17(13(2)20-22)14-5-7-15(24-4)8-6-14/h5-8,11,23H,9-10H2,1-4H3. The van der Waals surface area contributed by atoms with Crippen LogP contribution < -0.4 is 9.64 Å². The molecule has 0 fully saturated rings. The topological polar surface area (TPSA) is 62.9 Å². The van der Waals surface area contributed by atoms with E-state index in [2.05, 4.69) is 5.10 Å². The van der Waals surface area contributed by atoms with E-state index in [9.17, 15) is 5.11 Å². The Morgan fingerprint density at radius 2 is 1.92 bits per heavy atom. The van der Waals surface area contributed by atoms with Gasteiger partial charge in [-0.05, 0) is 31.5 Å². The lowest BCUT2D eigenvalue weighted by Crippen LogP contribution is -2.24. The highest BCUT2D eigenvalue weighted by atomic mass is 16.5. The Hall–Kier alpha value is -2.60. The number of fused-ring (bicyclic) bond motifs is 1. The van der Waals surface area contributed by atoms with Gasteiger partial charge in [0.15, 0.2) is 5.65 Å². The van der Waals surface area contributed by atoms with Crippen LogP contribution in [0.2, 0.25) is 0 Å². The molecule has 2 aromatic heterocycles. The maximum atomic E-state index is 9.23. The predicted octanol–water partition coefficient (Wildman–Crippen LogP) is 2.45. The van der Waals surface area contributed by atoms with Gasteiger partial charge in [0, 0.05) is 30.9 Å². The lowest BCUT2D eigenvalue weighted by molar-refractivity contribution is 0.303. The van der Waals surface area contributed by atoms with Gasteiger partial charge in [-0.25, -0.2) is 4.98 Å². The summed E-state index contributed by atoms with van der Waals surface area (Å²) in [6.07, 6.45) is 0. The number of benzene rings is 1. The zero-order valence-electron chi connectivity index (χ0n) is 14.4. The first-order chi connectivity index (χ1) is 11.5. The maximum Gasteiger partial charge on any atom is 0.165 e. The average Bonchev–Trinajstić information content (AvgIpc) is 2.90. The summed E-state index contributed by atoms with van der Waals surface area (Å²) in [5.74, 6) is 1.73. The molecule has 2 heterocycles. The fourth-order valence-corrected chi connectivity index (χ4v) is 2.86. The van der Waals surface area contributed by atoms with Gasteiger partial charge < -0.3 is 14.7 Å². The molecule has 0 atom stereocenters. The van der Waals surface area contributed by atoms with E-state index < -0.39 is 0 Å². The zero-order valence-corrected chi connectivity index (χ0v) is 14.4. The van der Waals surface area contributed by atoms with Crippen molar-refractivity contribution in [1.29, 1.82) is 0 Å². The van der Waals surface area contributed by atoms with Crippen LogP contribution in [-0.4, -0.2) is 47.0 Å². The highest BCUT2D eigenvalue weighted by molar-refractivity contribution is 5.81.